The number of thiophene rings is 1. The van der Waals surface area contributed by atoms with E-state index in [0.29, 0.717) is 17.9 Å². The molecule has 0 aliphatic carbocycles. The van der Waals surface area contributed by atoms with Crippen molar-refractivity contribution in [2.45, 2.75) is 24.8 Å². The van der Waals surface area contributed by atoms with Crippen molar-refractivity contribution in [2.75, 3.05) is 11.1 Å². The number of sulfonamides is 1. The van der Waals surface area contributed by atoms with Gasteiger partial charge in [-0.05, 0) is 36.8 Å². The first kappa shape index (κ1) is 14.8. The molecule has 0 amide bonds. The van der Waals surface area contributed by atoms with E-state index in [4.69, 9.17) is 10.9 Å². The van der Waals surface area contributed by atoms with Gasteiger partial charge in [0.15, 0.2) is 0 Å². The summed E-state index contributed by atoms with van der Waals surface area (Å²) in [5.41, 5.74) is 6.44. The molecule has 0 unspecified atom stereocenters. The Morgan fingerprint density at radius 3 is 2.50 bits per heavy atom. The topological polar surface area (TPSA) is 98.2 Å². The van der Waals surface area contributed by atoms with Crippen molar-refractivity contribution in [3.05, 3.63) is 40.1 Å². The smallest absolute Gasteiger partial charge is 0.240 e. The lowest BCUT2D eigenvalue weighted by Gasteiger charge is -2.10. The minimum Gasteiger partial charge on any atom is -0.399 e. The SMILES string of the molecule is CCc1ccc(CNc2ccc(N)cc2S(N)(=O)=O)s1. The monoisotopic (exact) mass is 311 g/mol. The Balaban J connectivity index is 2.21. The van der Waals surface area contributed by atoms with Gasteiger partial charge in [-0.3, -0.25) is 0 Å². The van der Waals surface area contributed by atoms with Gasteiger partial charge >= 0.3 is 0 Å². The summed E-state index contributed by atoms with van der Waals surface area (Å²) < 4.78 is 23.1. The van der Waals surface area contributed by atoms with Crippen molar-refractivity contribution >= 4 is 32.7 Å². The van der Waals surface area contributed by atoms with Crippen LogP contribution < -0.4 is 16.2 Å². The van der Waals surface area contributed by atoms with E-state index < -0.39 is 10.0 Å². The maximum atomic E-state index is 11.6. The van der Waals surface area contributed by atoms with E-state index in [9.17, 15) is 8.42 Å². The Bertz CT molecular complexity index is 708. The molecule has 1 heterocycles. The van der Waals surface area contributed by atoms with Crippen molar-refractivity contribution in [1.82, 2.24) is 0 Å². The average molecular weight is 311 g/mol. The summed E-state index contributed by atoms with van der Waals surface area (Å²) in [6.45, 7) is 2.65. The van der Waals surface area contributed by atoms with Gasteiger partial charge in [-0.2, -0.15) is 0 Å². The van der Waals surface area contributed by atoms with Gasteiger partial charge in [0.1, 0.15) is 4.90 Å². The highest BCUT2D eigenvalue weighted by Crippen LogP contribution is 2.24. The van der Waals surface area contributed by atoms with E-state index in [0.717, 1.165) is 11.3 Å². The Kier molecular flexibility index (Phi) is 4.32. The minimum atomic E-state index is -3.80. The second-order valence-electron chi connectivity index (χ2n) is 4.38. The highest BCUT2D eigenvalue weighted by Gasteiger charge is 2.14. The van der Waals surface area contributed by atoms with Crippen LogP contribution in [0.2, 0.25) is 0 Å². The first-order valence-electron chi connectivity index (χ1n) is 6.14. The largest absolute Gasteiger partial charge is 0.399 e. The number of nitrogens with two attached hydrogens (primary N) is 2. The third kappa shape index (κ3) is 3.50. The highest BCUT2D eigenvalue weighted by molar-refractivity contribution is 7.89. The zero-order valence-corrected chi connectivity index (χ0v) is 12.7. The molecule has 0 saturated carbocycles. The van der Waals surface area contributed by atoms with Crippen molar-refractivity contribution in [2.24, 2.45) is 5.14 Å². The summed E-state index contributed by atoms with van der Waals surface area (Å²) in [4.78, 5) is 2.45. The summed E-state index contributed by atoms with van der Waals surface area (Å²) in [6.07, 6.45) is 0.995. The van der Waals surface area contributed by atoms with Gasteiger partial charge in [-0.15, -0.1) is 11.3 Å². The van der Waals surface area contributed by atoms with Crippen molar-refractivity contribution in [1.29, 1.82) is 0 Å². The number of anilines is 2. The van der Waals surface area contributed by atoms with E-state index in [1.807, 2.05) is 6.07 Å². The van der Waals surface area contributed by atoms with E-state index in [2.05, 4.69) is 18.3 Å². The fraction of sp³-hybridized carbons (Fsp3) is 0.231. The second kappa shape index (κ2) is 5.82. The summed E-state index contributed by atoms with van der Waals surface area (Å²) >= 11 is 1.70. The molecular formula is C13H17N3O2S2. The lowest BCUT2D eigenvalue weighted by atomic mass is 10.3. The quantitative estimate of drug-likeness (QED) is 0.737. The molecule has 5 N–H and O–H groups in total. The van der Waals surface area contributed by atoms with Gasteiger partial charge in [0.2, 0.25) is 10.0 Å². The highest BCUT2D eigenvalue weighted by atomic mass is 32.2. The third-order valence-corrected chi connectivity index (χ3v) is 5.01. The molecule has 7 heteroatoms. The number of primary sulfonamides is 1. The van der Waals surface area contributed by atoms with E-state index in [1.165, 1.54) is 10.9 Å². The van der Waals surface area contributed by atoms with Gasteiger partial charge in [0.05, 0.1) is 5.69 Å². The first-order valence-corrected chi connectivity index (χ1v) is 8.50. The molecule has 5 nitrogen and oxygen atoms in total. The Morgan fingerprint density at radius 1 is 1.20 bits per heavy atom. The van der Waals surface area contributed by atoms with Gasteiger partial charge in [0.25, 0.3) is 0 Å². The predicted molar refractivity (Wildman–Crippen MR) is 83.3 cm³/mol. The van der Waals surface area contributed by atoms with Crippen LogP contribution in [0, 0.1) is 0 Å². The van der Waals surface area contributed by atoms with Crippen LogP contribution in [0.5, 0.6) is 0 Å². The molecule has 1 aromatic heterocycles. The number of rotatable bonds is 5. The molecule has 2 aromatic rings. The van der Waals surface area contributed by atoms with Crippen LogP contribution in [0.3, 0.4) is 0 Å². The van der Waals surface area contributed by atoms with Crippen LogP contribution in [0.25, 0.3) is 0 Å². The number of hydrogen-bond acceptors (Lipinski definition) is 5. The predicted octanol–water partition coefficient (Wildman–Crippen LogP) is 2.15. The maximum Gasteiger partial charge on any atom is 0.240 e. The van der Waals surface area contributed by atoms with Crippen molar-refractivity contribution in [3.8, 4) is 0 Å². The molecule has 108 valence electrons. The van der Waals surface area contributed by atoms with E-state index in [1.54, 1.807) is 23.5 Å². The van der Waals surface area contributed by atoms with E-state index in [-0.39, 0.29) is 4.90 Å². The Labute approximate surface area is 122 Å². The van der Waals surface area contributed by atoms with Crippen LogP contribution >= 0.6 is 11.3 Å². The van der Waals surface area contributed by atoms with Crippen LogP contribution in [0.4, 0.5) is 11.4 Å². The molecule has 0 atom stereocenters. The normalized spacial score (nSPS) is 11.5. The number of hydrogen-bond donors (Lipinski definition) is 3. The van der Waals surface area contributed by atoms with Gasteiger partial charge in [0, 0.05) is 22.0 Å². The molecule has 0 aliphatic heterocycles. The number of nitrogens with one attached hydrogen (secondary N) is 1. The Morgan fingerprint density at radius 2 is 1.90 bits per heavy atom. The number of nitrogen functional groups attached to an aromatic ring is 1. The lowest BCUT2D eigenvalue weighted by molar-refractivity contribution is 0.598. The molecule has 0 saturated heterocycles. The summed E-state index contributed by atoms with van der Waals surface area (Å²) in [6, 6.07) is 8.74. The average Bonchev–Trinajstić information content (AvgIpc) is 2.84. The fourth-order valence-corrected chi connectivity index (χ4v) is 3.45. The van der Waals surface area contributed by atoms with Gasteiger partial charge in [-0.1, -0.05) is 6.92 Å². The van der Waals surface area contributed by atoms with E-state index >= 15 is 0 Å². The number of aryl methyl sites for hydroxylation is 1. The zero-order valence-electron chi connectivity index (χ0n) is 11.1. The molecule has 0 aliphatic rings. The third-order valence-electron chi connectivity index (χ3n) is 2.83. The maximum absolute atomic E-state index is 11.6. The standard InChI is InChI=1S/C13H17N3O2S2/c1-2-10-4-5-11(19-10)8-16-12-6-3-9(14)7-13(12)20(15,17)18/h3-7,16H,2,8,14H2,1H3,(H2,15,17,18). The minimum absolute atomic E-state index is 0.0183. The molecule has 0 radical (unpaired) electrons. The molecule has 0 spiro atoms. The molecule has 20 heavy (non-hydrogen) atoms. The fourth-order valence-electron chi connectivity index (χ4n) is 1.81. The van der Waals surface area contributed by atoms with Crippen LogP contribution in [-0.4, -0.2) is 8.42 Å². The zero-order chi connectivity index (χ0) is 14.8. The van der Waals surface area contributed by atoms with Crippen molar-refractivity contribution < 1.29 is 8.42 Å². The van der Waals surface area contributed by atoms with Crippen LogP contribution in [0.15, 0.2) is 35.2 Å². The summed E-state index contributed by atoms with van der Waals surface area (Å²) in [5.74, 6) is 0. The first-order chi connectivity index (χ1) is 9.40. The van der Waals surface area contributed by atoms with Gasteiger partial charge < -0.3 is 11.1 Å². The number of benzene rings is 1. The lowest BCUT2D eigenvalue weighted by Crippen LogP contribution is -2.15. The molecular weight excluding hydrogens is 294 g/mol. The Hall–Kier alpha value is -1.57. The van der Waals surface area contributed by atoms with Crippen molar-refractivity contribution in [3.63, 3.8) is 0 Å². The summed E-state index contributed by atoms with van der Waals surface area (Å²) in [7, 11) is -3.80. The van der Waals surface area contributed by atoms with Gasteiger partial charge in [-0.25, -0.2) is 13.6 Å². The molecule has 2 rings (SSSR count). The van der Waals surface area contributed by atoms with Crippen LogP contribution in [-0.2, 0) is 23.0 Å². The molecule has 0 fully saturated rings. The molecule has 1 aromatic carbocycles. The summed E-state index contributed by atoms with van der Waals surface area (Å²) in [5, 5.41) is 8.30. The second-order valence-corrected chi connectivity index (χ2v) is 7.16. The van der Waals surface area contributed by atoms with Crippen LogP contribution in [0.1, 0.15) is 16.7 Å². The molecule has 0 bridgehead atoms.